The first kappa shape index (κ1) is 8.78. The summed E-state index contributed by atoms with van der Waals surface area (Å²) < 4.78 is 7.34. The molecule has 0 unspecified atom stereocenters. The molecule has 0 aliphatic carbocycles. The van der Waals surface area contributed by atoms with E-state index in [2.05, 4.69) is 5.32 Å². The molecule has 1 aromatic rings. The summed E-state index contributed by atoms with van der Waals surface area (Å²) in [6.45, 7) is 4.00. The maximum absolute atomic E-state index is 11.0. The summed E-state index contributed by atoms with van der Waals surface area (Å²) in [4.78, 5) is 11.0. The van der Waals surface area contributed by atoms with Crippen LogP contribution in [0.1, 0.15) is 25.6 Å². The van der Waals surface area contributed by atoms with E-state index in [0.717, 1.165) is 0 Å². The van der Waals surface area contributed by atoms with Gasteiger partial charge in [-0.1, -0.05) is 32.0 Å². The Morgan fingerprint density at radius 1 is 1.42 bits per heavy atom. The highest BCUT2D eigenvalue weighted by Gasteiger charge is 1.97. The van der Waals surface area contributed by atoms with Gasteiger partial charge in [-0.05, 0) is 12.1 Å². The number of amides is 1. The van der Waals surface area contributed by atoms with Crippen LogP contribution in [0, 0.1) is 0 Å². The quantitative estimate of drug-likeness (QED) is 0.681. The second kappa shape index (κ2) is 6.40. The molecule has 12 heavy (non-hydrogen) atoms. The second-order valence-electron chi connectivity index (χ2n) is 1.86. The third kappa shape index (κ3) is 3.19. The largest absolute Gasteiger partial charge is 0.355 e. The summed E-state index contributed by atoms with van der Waals surface area (Å²) in [6, 6.07) is 6.94. The van der Waals surface area contributed by atoms with E-state index in [-0.39, 0.29) is 11.9 Å². The first-order chi connectivity index (χ1) is 6.25. The first-order valence-corrected chi connectivity index (χ1v) is 4.03. The molecule has 0 aliphatic rings. The van der Waals surface area contributed by atoms with Gasteiger partial charge in [0.2, 0.25) is 0 Å². The van der Waals surface area contributed by atoms with Crippen LogP contribution in [0.3, 0.4) is 0 Å². The number of benzene rings is 1. The van der Waals surface area contributed by atoms with Crippen molar-refractivity contribution in [2.24, 2.45) is 0 Å². The molecule has 0 aliphatic heterocycles. The maximum atomic E-state index is 11.0. The molecule has 2 nitrogen and oxygen atoms in total. The van der Waals surface area contributed by atoms with Crippen LogP contribution in [0.2, 0.25) is 0 Å². The summed E-state index contributed by atoms with van der Waals surface area (Å²) in [5, 5.41) is 2.46. The molecule has 0 fully saturated rings. The van der Waals surface area contributed by atoms with E-state index >= 15 is 0 Å². The molecule has 0 aromatic heterocycles. The van der Waals surface area contributed by atoms with Gasteiger partial charge in [0.05, 0.1) is 1.37 Å². The summed E-state index contributed by atoms with van der Waals surface area (Å²) in [5.74, 6) is -0.212. The van der Waals surface area contributed by atoms with Crippen LogP contribution < -0.4 is 5.32 Å². The number of carbonyl (C=O) groups is 1. The topological polar surface area (TPSA) is 29.1 Å². The minimum atomic E-state index is -0.212. The van der Waals surface area contributed by atoms with Crippen LogP contribution in [0.5, 0.6) is 0 Å². The molecule has 0 atom stereocenters. The summed E-state index contributed by atoms with van der Waals surface area (Å²) >= 11 is 0. The highest BCUT2D eigenvalue weighted by molar-refractivity contribution is 5.93. The van der Waals surface area contributed by atoms with E-state index in [1.807, 2.05) is 13.8 Å². The SMILES string of the molecule is CC.[3H]c1ccccc1C(=O)NC. The van der Waals surface area contributed by atoms with E-state index in [1.165, 1.54) is 0 Å². The third-order valence-corrected chi connectivity index (χ3v) is 1.18. The van der Waals surface area contributed by atoms with E-state index in [4.69, 9.17) is 1.37 Å². The van der Waals surface area contributed by atoms with Gasteiger partial charge >= 0.3 is 0 Å². The predicted octanol–water partition coefficient (Wildman–Crippen LogP) is 2.07. The molecule has 66 valence electrons. The molecule has 1 N–H and O–H groups in total. The van der Waals surface area contributed by atoms with Crippen molar-refractivity contribution in [1.29, 1.82) is 0 Å². The van der Waals surface area contributed by atoms with Gasteiger partial charge in [-0.3, -0.25) is 4.79 Å². The minimum absolute atomic E-state index is 0.212. The first-order valence-electron chi connectivity index (χ1n) is 4.53. The van der Waals surface area contributed by atoms with Crippen LogP contribution in [0.25, 0.3) is 0 Å². The van der Waals surface area contributed by atoms with Gasteiger partial charge in [0.25, 0.3) is 5.91 Å². The fraction of sp³-hybridized carbons (Fsp3) is 0.300. The highest BCUT2D eigenvalue weighted by Crippen LogP contribution is 1.96. The molecule has 0 saturated carbocycles. The average Bonchev–Trinajstić information content (AvgIpc) is 2.20. The fourth-order valence-electron chi connectivity index (χ4n) is 0.669. The third-order valence-electron chi connectivity index (χ3n) is 1.18. The second-order valence-corrected chi connectivity index (χ2v) is 1.86. The lowest BCUT2D eigenvalue weighted by Crippen LogP contribution is -2.17. The highest BCUT2D eigenvalue weighted by atomic mass is 16.1. The van der Waals surface area contributed by atoms with Crippen molar-refractivity contribution in [3.8, 4) is 0 Å². The van der Waals surface area contributed by atoms with E-state index in [9.17, 15) is 4.79 Å². The summed E-state index contributed by atoms with van der Waals surface area (Å²) in [7, 11) is 1.55. The van der Waals surface area contributed by atoms with Crippen molar-refractivity contribution in [2.75, 3.05) is 7.05 Å². The van der Waals surface area contributed by atoms with Crippen molar-refractivity contribution in [3.63, 3.8) is 0 Å². The Balaban J connectivity index is 0.000000671. The number of carbonyl (C=O) groups excluding carboxylic acids is 1. The lowest BCUT2D eigenvalue weighted by molar-refractivity contribution is 0.0963. The van der Waals surface area contributed by atoms with Crippen molar-refractivity contribution in [1.82, 2.24) is 5.32 Å². The molecule has 1 aromatic carbocycles. The molecule has 0 bridgehead atoms. The zero-order valence-corrected chi connectivity index (χ0v) is 7.72. The van der Waals surface area contributed by atoms with E-state index in [0.29, 0.717) is 5.56 Å². The molecule has 0 spiro atoms. The summed E-state index contributed by atoms with van der Waals surface area (Å²) in [5.41, 5.74) is 0.412. The number of nitrogens with one attached hydrogen (secondary N) is 1. The normalized spacial score (nSPS) is 9.08. The van der Waals surface area contributed by atoms with Gasteiger partial charge in [-0.15, -0.1) is 0 Å². The Labute approximate surface area is 75.0 Å². The smallest absolute Gasteiger partial charge is 0.251 e. The van der Waals surface area contributed by atoms with Gasteiger partial charge < -0.3 is 5.32 Å². The monoisotopic (exact) mass is 167 g/mol. The van der Waals surface area contributed by atoms with Gasteiger partial charge in [0, 0.05) is 12.6 Å². The van der Waals surface area contributed by atoms with E-state index in [1.54, 1.807) is 31.3 Å². The summed E-state index contributed by atoms with van der Waals surface area (Å²) in [6.07, 6.45) is 0. The van der Waals surface area contributed by atoms with Gasteiger partial charge in [0.1, 0.15) is 0 Å². The number of hydrogen-bond donors (Lipinski definition) is 1. The van der Waals surface area contributed by atoms with Crippen LogP contribution in [-0.4, -0.2) is 13.0 Å². The van der Waals surface area contributed by atoms with Gasteiger partial charge in [-0.2, -0.15) is 0 Å². The zero-order chi connectivity index (χ0) is 10.3. The van der Waals surface area contributed by atoms with Crippen LogP contribution in [-0.2, 0) is 0 Å². The molecule has 1 amide bonds. The molecule has 0 saturated heterocycles. The van der Waals surface area contributed by atoms with Gasteiger partial charge in [0.15, 0.2) is 0 Å². The fourth-order valence-corrected chi connectivity index (χ4v) is 0.669. The molecule has 2 heteroatoms. The predicted molar refractivity (Wildman–Crippen MR) is 51.2 cm³/mol. The van der Waals surface area contributed by atoms with Crippen molar-refractivity contribution < 1.29 is 6.17 Å². The Morgan fingerprint density at radius 3 is 2.58 bits per heavy atom. The minimum Gasteiger partial charge on any atom is -0.355 e. The zero-order valence-electron chi connectivity index (χ0n) is 8.72. The Hall–Kier alpha value is -1.31. The standard InChI is InChI=1S/C8H9NO.C2H6/c1-9-8(10)7-5-3-2-4-6-7;1-2/h2-6H,1H3,(H,9,10);1-2H3/i5T;. The molecule has 1 rings (SSSR count). The maximum Gasteiger partial charge on any atom is 0.251 e. The van der Waals surface area contributed by atoms with Crippen LogP contribution >= 0.6 is 0 Å². The molecular weight excluding hydrogens is 150 g/mol. The van der Waals surface area contributed by atoms with Crippen LogP contribution in [0.15, 0.2) is 30.3 Å². The number of rotatable bonds is 1. The van der Waals surface area contributed by atoms with Crippen molar-refractivity contribution in [2.45, 2.75) is 13.8 Å². The van der Waals surface area contributed by atoms with Crippen LogP contribution in [0.4, 0.5) is 0 Å². The van der Waals surface area contributed by atoms with Gasteiger partial charge in [-0.25, -0.2) is 0 Å². The Kier molecular flexibility index (Phi) is 4.69. The van der Waals surface area contributed by atoms with Crippen molar-refractivity contribution >= 4 is 5.91 Å². The average molecular weight is 167 g/mol. The number of hydrogen-bond acceptors (Lipinski definition) is 1. The molecular formula is C10H15NO. The Morgan fingerprint density at radius 2 is 2.08 bits per heavy atom. The Bertz CT molecular complexity index is 273. The lowest BCUT2D eigenvalue weighted by Gasteiger charge is -1.96. The van der Waals surface area contributed by atoms with Crippen molar-refractivity contribution in [3.05, 3.63) is 35.9 Å². The van der Waals surface area contributed by atoms with E-state index < -0.39 is 0 Å². The lowest BCUT2D eigenvalue weighted by atomic mass is 10.2. The molecule has 0 radical (unpaired) electrons. The molecule has 0 heterocycles.